The van der Waals surface area contributed by atoms with Gasteiger partial charge in [-0.2, -0.15) is 0 Å². The molecule has 0 bridgehead atoms. The maximum atomic E-state index is 12.0. The minimum Gasteiger partial charge on any atom is -0.491 e. The number of benzene rings is 2. The van der Waals surface area contributed by atoms with E-state index in [1.54, 1.807) is 0 Å². The molecular weight excluding hydrogens is 533 g/mol. The Balaban J connectivity index is 0.000000203. The third-order valence-electron chi connectivity index (χ3n) is 6.54. The zero-order chi connectivity index (χ0) is 25.2. The molecule has 36 heavy (non-hydrogen) atoms. The molecule has 1 aliphatic heterocycles. The Labute approximate surface area is 238 Å². The van der Waals surface area contributed by atoms with E-state index in [0.717, 1.165) is 41.0 Å². The topological polar surface area (TPSA) is 93.7 Å². The number of ether oxygens (including phenoxy) is 2. The summed E-state index contributed by atoms with van der Waals surface area (Å²) in [4.78, 5) is 34.7. The fourth-order valence-electron chi connectivity index (χ4n) is 5.00. The number of imide groups is 1. The molecule has 1 heterocycles. The molecule has 1 radical (unpaired) electrons. The minimum atomic E-state index is -0.777. The van der Waals surface area contributed by atoms with Crippen molar-refractivity contribution in [2.45, 2.75) is 84.0 Å². The van der Waals surface area contributed by atoms with Crippen LogP contribution in [0.5, 0.6) is 11.5 Å². The van der Waals surface area contributed by atoms with Gasteiger partial charge in [0.05, 0.1) is 12.2 Å². The minimum absolute atomic E-state index is 0. The van der Waals surface area contributed by atoms with E-state index in [-0.39, 0.29) is 50.8 Å². The van der Waals surface area contributed by atoms with Crippen LogP contribution in [0.4, 0.5) is 4.79 Å². The van der Waals surface area contributed by atoms with E-state index in [2.05, 4.69) is 10.6 Å². The molecule has 1 unspecified atom stereocenters. The standard InChI is InChI=1S/C15H18N2O3.C13H16O2.Y/c1-9(2)20-12-5-3-4-10-8-15(7-6-11(10)12)13(18)16-14(19)17-15;1-9(2)15-13-5-3-4-10-8-11(14)6-7-12(10)13;/h3-5,9H,6-8H2,1-2H3,(H2,16,17,18,19);3-5,9H,6-8H2,1-2H3;. The number of rotatable bonds is 4. The Morgan fingerprint density at radius 1 is 0.806 bits per heavy atom. The SMILES string of the molecule is CC(C)Oc1cccc2c1CCC(=O)C2.CC(C)Oc1cccc2c1CCC1(C2)NC(=O)NC1=O.[Y]. The van der Waals surface area contributed by atoms with Gasteiger partial charge in [-0.25, -0.2) is 4.79 Å². The first-order chi connectivity index (χ1) is 16.7. The zero-order valence-corrected chi connectivity index (χ0v) is 24.3. The van der Waals surface area contributed by atoms with Crippen LogP contribution >= 0.6 is 0 Å². The van der Waals surface area contributed by atoms with Crippen LogP contribution in [0, 0.1) is 0 Å². The number of Topliss-reactive ketones (excluding diaryl/α,β-unsaturated/α-hetero) is 1. The summed E-state index contributed by atoms with van der Waals surface area (Å²) in [5.74, 6) is 1.96. The first kappa shape index (κ1) is 28.3. The van der Waals surface area contributed by atoms with Crippen molar-refractivity contribution < 1.29 is 56.6 Å². The molecule has 0 aromatic heterocycles. The van der Waals surface area contributed by atoms with Crippen molar-refractivity contribution in [3.63, 3.8) is 0 Å². The smallest absolute Gasteiger partial charge is 0.322 e. The molecule has 7 nitrogen and oxygen atoms in total. The molecule has 5 rings (SSSR count). The molecule has 0 saturated carbocycles. The van der Waals surface area contributed by atoms with Crippen LogP contribution in [-0.2, 0) is 68.0 Å². The van der Waals surface area contributed by atoms with Gasteiger partial charge in [0.2, 0.25) is 0 Å². The molecule has 2 aromatic carbocycles. The van der Waals surface area contributed by atoms with Gasteiger partial charge in [0, 0.05) is 52.0 Å². The van der Waals surface area contributed by atoms with Crippen molar-refractivity contribution in [1.82, 2.24) is 10.6 Å². The maximum absolute atomic E-state index is 12.0. The first-order valence-corrected chi connectivity index (χ1v) is 12.4. The number of nitrogens with one attached hydrogen (secondary N) is 2. The van der Waals surface area contributed by atoms with Gasteiger partial charge in [-0.05, 0) is 81.3 Å². The van der Waals surface area contributed by atoms with Gasteiger partial charge in [0.1, 0.15) is 22.8 Å². The van der Waals surface area contributed by atoms with Crippen LogP contribution in [0.2, 0.25) is 0 Å². The van der Waals surface area contributed by atoms with E-state index in [1.807, 2.05) is 64.1 Å². The maximum Gasteiger partial charge on any atom is 0.322 e. The average molecular weight is 567 g/mol. The third-order valence-corrected chi connectivity index (χ3v) is 6.54. The van der Waals surface area contributed by atoms with Crippen LogP contribution in [0.25, 0.3) is 0 Å². The molecule has 1 spiro atoms. The van der Waals surface area contributed by atoms with E-state index in [0.29, 0.717) is 31.5 Å². The van der Waals surface area contributed by atoms with Gasteiger partial charge in [-0.3, -0.25) is 14.9 Å². The van der Waals surface area contributed by atoms with E-state index in [9.17, 15) is 14.4 Å². The zero-order valence-electron chi connectivity index (χ0n) is 21.5. The second-order valence-corrected chi connectivity index (χ2v) is 10.0. The number of hydrogen-bond donors (Lipinski definition) is 2. The fraction of sp³-hybridized carbons (Fsp3) is 0.464. The molecule has 1 saturated heterocycles. The summed E-state index contributed by atoms with van der Waals surface area (Å²) in [6, 6.07) is 11.5. The van der Waals surface area contributed by atoms with E-state index < -0.39 is 11.6 Å². The van der Waals surface area contributed by atoms with Crippen molar-refractivity contribution in [3.8, 4) is 11.5 Å². The van der Waals surface area contributed by atoms with Crippen molar-refractivity contribution in [2.75, 3.05) is 0 Å². The monoisotopic (exact) mass is 567 g/mol. The Morgan fingerprint density at radius 2 is 1.39 bits per heavy atom. The number of fused-ring (bicyclic) bond motifs is 2. The van der Waals surface area contributed by atoms with Crippen LogP contribution < -0.4 is 20.1 Å². The summed E-state index contributed by atoms with van der Waals surface area (Å²) in [7, 11) is 0. The molecule has 8 heteroatoms. The number of carbonyl (C=O) groups excluding carboxylic acids is 3. The van der Waals surface area contributed by atoms with Crippen LogP contribution in [0.3, 0.4) is 0 Å². The Morgan fingerprint density at radius 3 is 1.94 bits per heavy atom. The molecule has 2 aromatic rings. The molecule has 3 aliphatic rings. The molecule has 2 N–H and O–H groups in total. The summed E-state index contributed by atoms with van der Waals surface area (Å²) in [6.07, 6.45) is 4.23. The van der Waals surface area contributed by atoms with E-state index in [1.165, 1.54) is 5.56 Å². The summed E-state index contributed by atoms with van der Waals surface area (Å²) in [5, 5.41) is 5.11. The molecule has 1 fully saturated rings. The van der Waals surface area contributed by atoms with Gasteiger partial charge in [-0.1, -0.05) is 24.3 Å². The fourth-order valence-corrected chi connectivity index (χ4v) is 5.00. The van der Waals surface area contributed by atoms with Gasteiger partial charge >= 0.3 is 6.03 Å². The number of urea groups is 1. The van der Waals surface area contributed by atoms with Crippen LogP contribution in [0.1, 0.15) is 62.8 Å². The average Bonchev–Trinajstić information content (AvgIpc) is 3.05. The Kier molecular flexibility index (Phi) is 9.34. The normalized spacial score (nSPS) is 20.0. The largest absolute Gasteiger partial charge is 0.491 e. The predicted molar refractivity (Wildman–Crippen MR) is 133 cm³/mol. The van der Waals surface area contributed by atoms with Crippen molar-refractivity contribution in [3.05, 3.63) is 58.7 Å². The Hall–Kier alpha value is -2.25. The van der Waals surface area contributed by atoms with Crippen LogP contribution in [0.15, 0.2) is 36.4 Å². The number of ketones is 1. The number of hydrogen-bond acceptors (Lipinski definition) is 5. The van der Waals surface area contributed by atoms with Gasteiger partial charge in [-0.15, -0.1) is 0 Å². The third kappa shape index (κ3) is 6.35. The number of amides is 3. The molecule has 189 valence electrons. The summed E-state index contributed by atoms with van der Waals surface area (Å²) in [5.41, 5.74) is 3.82. The molecular formula is C28H34N2O5Y. The summed E-state index contributed by atoms with van der Waals surface area (Å²) in [6.45, 7) is 8.03. The van der Waals surface area contributed by atoms with Gasteiger partial charge in [0.15, 0.2) is 0 Å². The predicted octanol–water partition coefficient (Wildman–Crippen LogP) is 4.07. The quantitative estimate of drug-likeness (QED) is 0.544. The first-order valence-electron chi connectivity index (χ1n) is 12.4. The molecule has 3 amide bonds. The van der Waals surface area contributed by atoms with Crippen molar-refractivity contribution >= 4 is 17.7 Å². The van der Waals surface area contributed by atoms with Gasteiger partial charge < -0.3 is 14.8 Å². The second-order valence-electron chi connectivity index (χ2n) is 10.0. The van der Waals surface area contributed by atoms with Crippen molar-refractivity contribution in [2.24, 2.45) is 0 Å². The van der Waals surface area contributed by atoms with Crippen molar-refractivity contribution in [1.29, 1.82) is 0 Å². The van der Waals surface area contributed by atoms with E-state index in [4.69, 9.17) is 9.47 Å². The molecule has 1 atom stereocenters. The van der Waals surface area contributed by atoms with Crippen LogP contribution in [-0.4, -0.2) is 35.5 Å². The molecule has 2 aliphatic carbocycles. The summed E-state index contributed by atoms with van der Waals surface area (Å²) < 4.78 is 11.6. The van der Waals surface area contributed by atoms with E-state index >= 15 is 0 Å². The second kappa shape index (κ2) is 11.9. The summed E-state index contributed by atoms with van der Waals surface area (Å²) >= 11 is 0. The van der Waals surface area contributed by atoms with Gasteiger partial charge in [0.25, 0.3) is 5.91 Å². The Bertz CT molecular complexity index is 1150. The number of carbonyl (C=O) groups is 3.